The predicted molar refractivity (Wildman–Crippen MR) is 65.2 cm³/mol. The van der Waals surface area contributed by atoms with E-state index >= 15 is 0 Å². The van der Waals surface area contributed by atoms with Gasteiger partial charge < -0.3 is 15.5 Å². The Hall–Kier alpha value is -0.750. The van der Waals surface area contributed by atoms with Crippen LogP contribution >= 0.6 is 11.8 Å². The van der Waals surface area contributed by atoms with Crippen molar-refractivity contribution in [3.63, 3.8) is 0 Å². The lowest BCUT2D eigenvalue weighted by molar-refractivity contribution is -0.132. The second-order valence-electron chi connectivity index (χ2n) is 3.83. The van der Waals surface area contributed by atoms with Gasteiger partial charge in [-0.3, -0.25) is 9.59 Å². The Morgan fingerprint density at radius 3 is 2.94 bits per heavy atom. The number of carbonyl (C=O) groups is 2. The minimum Gasteiger partial charge on any atom is -0.353 e. The van der Waals surface area contributed by atoms with E-state index in [4.69, 9.17) is 0 Å². The fourth-order valence-corrected chi connectivity index (χ4v) is 2.36. The van der Waals surface area contributed by atoms with Gasteiger partial charge in [0.2, 0.25) is 11.8 Å². The van der Waals surface area contributed by atoms with Crippen molar-refractivity contribution in [2.24, 2.45) is 0 Å². The molecule has 0 unspecified atom stereocenters. The Morgan fingerprint density at radius 2 is 2.38 bits per heavy atom. The number of nitrogens with zero attached hydrogens (tertiary/aromatic N) is 1. The number of nitrogens with one attached hydrogen (secondary N) is 2. The van der Waals surface area contributed by atoms with E-state index in [1.54, 1.807) is 16.7 Å². The van der Waals surface area contributed by atoms with Crippen molar-refractivity contribution in [3.05, 3.63) is 0 Å². The van der Waals surface area contributed by atoms with Crippen LogP contribution in [0.25, 0.3) is 0 Å². The van der Waals surface area contributed by atoms with Gasteiger partial charge in [-0.25, -0.2) is 0 Å². The lowest BCUT2D eigenvalue weighted by atomic mass is 10.3. The molecule has 2 N–H and O–H groups in total. The van der Waals surface area contributed by atoms with Gasteiger partial charge in [-0.15, -0.1) is 11.8 Å². The molecule has 92 valence electrons. The van der Waals surface area contributed by atoms with Crippen molar-refractivity contribution in [1.82, 2.24) is 15.5 Å². The lowest BCUT2D eigenvalue weighted by Gasteiger charge is -2.16. The van der Waals surface area contributed by atoms with E-state index in [0.29, 0.717) is 18.2 Å². The van der Waals surface area contributed by atoms with Gasteiger partial charge in [-0.1, -0.05) is 6.92 Å². The first kappa shape index (κ1) is 13.3. The van der Waals surface area contributed by atoms with Crippen LogP contribution in [-0.4, -0.2) is 54.0 Å². The average molecular weight is 245 g/mol. The van der Waals surface area contributed by atoms with Crippen molar-refractivity contribution >= 4 is 23.6 Å². The molecule has 0 radical (unpaired) electrons. The monoisotopic (exact) mass is 245 g/mol. The number of amides is 2. The second kappa shape index (κ2) is 6.75. The number of rotatable bonds is 6. The molecule has 0 saturated carbocycles. The van der Waals surface area contributed by atoms with Crippen LogP contribution < -0.4 is 10.6 Å². The number of likely N-dealkylation sites (N-methyl/N-ethyl adjacent to an activating group) is 1. The van der Waals surface area contributed by atoms with Crippen LogP contribution in [0.4, 0.5) is 0 Å². The summed E-state index contributed by atoms with van der Waals surface area (Å²) in [6.07, 6.45) is 0. The lowest BCUT2D eigenvalue weighted by Crippen LogP contribution is -2.43. The molecule has 6 heteroatoms. The summed E-state index contributed by atoms with van der Waals surface area (Å²) in [7, 11) is 0. The molecule has 5 nitrogen and oxygen atoms in total. The zero-order valence-corrected chi connectivity index (χ0v) is 10.6. The molecule has 1 rings (SSSR count). The summed E-state index contributed by atoms with van der Waals surface area (Å²) in [5, 5.41) is 6.01. The molecule has 1 aliphatic rings. The van der Waals surface area contributed by atoms with Crippen LogP contribution in [0.2, 0.25) is 0 Å². The van der Waals surface area contributed by atoms with Gasteiger partial charge in [-0.05, 0) is 13.5 Å². The average Bonchev–Trinajstić information content (AvgIpc) is 2.62. The summed E-state index contributed by atoms with van der Waals surface area (Å²) in [5.41, 5.74) is 0. The molecule has 0 aromatic heterocycles. The third-order valence-electron chi connectivity index (χ3n) is 2.32. The van der Waals surface area contributed by atoms with E-state index in [0.717, 1.165) is 6.54 Å². The van der Waals surface area contributed by atoms with E-state index in [-0.39, 0.29) is 24.4 Å². The molecule has 0 aliphatic carbocycles. The Bertz CT molecular complexity index is 260. The topological polar surface area (TPSA) is 61.4 Å². The van der Waals surface area contributed by atoms with Gasteiger partial charge in [0.15, 0.2) is 0 Å². The standard InChI is InChI=1S/C10H19N3O2S/c1-3-11-8(2)4-12-9(14)5-13-7-16-6-10(13)15/h8,11H,3-7H2,1-2H3,(H,12,14)/t8-/m1/s1. The number of carbonyl (C=O) groups excluding carboxylic acids is 2. The molecule has 0 spiro atoms. The zero-order chi connectivity index (χ0) is 12.0. The predicted octanol–water partition coefficient (Wildman–Crippen LogP) is -0.366. The van der Waals surface area contributed by atoms with Gasteiger partial charge in [0.05, 0.1) is 11.6 Å². The van der Waals surface area contributed by atoms with Crippen molar-refractivity contribution < 1.29 is 9.59 Å². The first-order chi connectivity index (χ1) is 7.63. The van der Waals surface area contributed by atoms with Crippen LogP contribution in [0.15, 0.2) is 0 Å². The van der Waals surface area contributed by atoms with Gasteiger partial charge in [0.1, 0.15) is 6.54 Å². The summed E-state index contributed by atoms with van der Waals surface area (Å²) < 4.78 is 0. The summed E-state index contributed by atoms with van der Waals surface area (Å²) in [4.78, 5) is 24.4. The normalized spacial score (nSPS) is 17.6. The molecule has 1 aliphatic heterocycles. The maximum Gasteiger partial charge on any atom is 0.239 e. The van der Waals surface area contributed by atoms with Crippen LogP contribution in [0, 0.1) is 0 Å². The molecule has 0 bridgehead atoms. The SMILES string of the molecule is CCN[C@H](C)CNC(=O)CN1CSCC1=O. The number of thioether (sulfide) groups is 1. The highest BCUT2D eigenvalue weighted by atomic mass is 32.2. The summed E-state index contributed by atoms with van der Waals surface area (Å²) in [5.74, 6) is 1.11. The molecule has 1 heterocycles. The molecular weight excluding hydrogens is 226 g/mol. The summed E-state index contributed by atoms with van der Waals surface area (Å²) in [6.45, 7) is 5.71. The number of hydrogen-bond donors (Lipinski definition) is 2. The molecule has 1 atom stereocenters. The maximum absolute atomic E-state index is 11.5. The highest BCUT2D eigenvalue weighted by molar-refractivity contribution is 8.00. The molecule has 1 fully saturated rings. The van der Waals surface area contributed by atoms with Gasteiger partial charge in [0, 0.05) is 12.6 Å². The Balaban J connectivity index is 2.18. The molecule has 2 amide bonds. The van der Waals surface area contributed by atoms with Crippen molar-refractivity contribution in [3.8, 4) is 0 Å². The van der Waals surface area contributed by atoms with Gasteiger partial charge in [0.25, 0.3) is 0 Å². The van der Waals surface area contributed by atoms with Crippen molar-refractivity contribution in [1.29, 1.82) is 0 Å². The third kappa shape index (κ3) is 4.40. The third-order valence-corrected chi connectivity index (χ3v) is 3.26. The molecule has 16 heavy (non-hydrogen) atoms. The van der Waals surface area contributed by atoms with Crippen LogP contribution in [0.5, 0.6) is 0 Å². The first-order valence-corrected chi connectivity index (χ1v) is 6.64. The van der Waals surface area contributed by atoms with E-state index in [1.807, 2.05) is 13.8 Å². The van der Waals surface area contributed by atoms with E-state index in [1.165, 1.54) is 0 Å². The molecule has 0 aromatic carbocycles. The largest absolute Gasteiger partial charge is 0.353 e. The minimum absolute atomic E-state index is 0.0554. The van der Waals surface area contributed by atoms with E-state index < -0.39 is 0 Å². The molecule has 0 aromatic rings. The number of hydrogen-bond acceptors (Lipinski definition) is 4. The van der Waals surface area contributed by atoms with Crippen LogP contribution in [-0.2, 0) is 9.59 Å². The van der Waals surface area contributed by atoms with E-state index in [2.05, 4.69) is 10.6 Å². The van der Waals surface area contributed by atoms with Crippen LogP contribution in [0.3, 0.4) is 0 Å². The Morgan fingerprint density at radius 1 is 1.62 bits per heavy atom. The molecular formula is C10H19N3O2S. The second-order valence-corrected chi connectivity index (χ2v) is 4.79. The van der Waals surface area contributed by atoms with Gasteiger partial charge >= 0.3 is 0 Å². The van der Waals surface area contributed by atoms with E-state index in [9.17, 15) is 9.59 Å². The maximum atomic E-state index is 11.5. The summed E-state index contributed by atoms with van der Waals surface area (Å²) >= 11 is 1.55. The zero-order valence-electron chi connectivity index (χ0n) is 9.78. The quantitative estimate of drug-likeness (QED) is 0.670. The van der Waals surface area contributed by atoms with Gasteiger partial charge in [-0.2, -0.15) is 0 Å². The fraction of sp³-hybridized carbons (Fsp3) is 0.800. The Kier molecular flexibility index (Phi) is 5.62. The summed E-state index contributed by atoms with van der Waals surface area (Å²) in [6, 6.07) is 0.262. The van der Waals surface area contributed by atoms with Crippen LogP contribution in [0.1, 0.15) is 13.8 Å². The highest BCUT2D eigenvalue weighted by Crippen LogP contribution is 2.13. The minimum atomic E-state index is -0.0828. The smallest absolute Gasteiger partial charge is 0.239 e. The molecule has 1 saturated heterocycles. The van der Waals surface area contributed by atoms with Crippen molar-refractivity contribution in [2.45, 2.75) is 19.9 Å². The highest BCUT2D eigenvalue weighted by Gasteiger charge is 2.22. The Labute approximate surface area is 100 Å². The fourth-order valence-electron chi connectivity index (χ4n) is 1.46. The van der Waals surface area contributed by atoms with Crippen molar-refractivity contribution in [2.75, 3.05) is 31.3 Å². The first-order valence-electron chi connectivity index (χ1n) is 5.49.